The number of hydrogen-bond donors (Lipinski definition) is 3. The van der Waals surface area contributed by atoms with Gasteiger partial charge in [0.2, 0.25) is 0 Å². The molecule has 3 N–H and O–H groups in total. The van der Waals surface area contributed by atoms with E-state index in [9.17, 15) is 15.0 Å². The molecule has 0 radical (unpaired) electrons. The highest BCUT2D eigenvalue weighted by atomic mass is 16.4. The Morgan fingerprint density at radius 1 is 1.33 bits per heavy atom. The van der Waals surface area contributed by atoms with Crippen LogP contribution in [0, 0.1) is 0 Å². The third-order valence-electron chi connectivity index (χ3n) is 2.98. The summed E-state index contributed by atoms with van der Waals surface area (Å²) in [7, 11) is 0. The summed E-state index contributed by atoms with van der Waals surface area (Å²) in [5, 5.41) is 27.5. The standard InChI is InChI=1S/C13H19NO4/c1-3-9(2)14(8-13(17)18)7-10-4-5-11(15)12(16)6-10/h4-6,9,15-16H,3,7-8H2,1-2H3,(H,17,18). The lowest BCUT2D eigenvalue weighted by atomic mass is 10.1. The molecule has 1 unspecified atom stereocenters. The molecule has 0 amide bonds. The van der Waals surface area contributed by atoms with Crippen molar-refractivity contribution in [1.29, 1.82) is 0 Å². The summed E-state index contributed by atoms with van der Waals surface area (Å²) in [6, 6.07) is 4.66. The van der Waals surface area contributed by atoms with Gasteiger partial charge in [-0.3, -0.25) is 9.69 Å². The van der Waals surface area contributed by atoms with Crippen LogP contribution < -0.4 is 0 Å². The van der Waals surface area contributed by atoms with Gasteiger partial charge in [0.05, 0.1) is 6.54 Å². The fraction of sp³-hybridized carbons (Fsp3) is 0.462. The van der Waals surface area contributed by atoms with Gasteiger partial charge in [0.1, 0.15) is 0 Å². The largest absolute Gasteiger partial charge is 0.504 e. The molecule has 5 nitrogen and oxygen atoms in total. The van der Waals surface area contributed by atoms with Gasteiger partial charge >= 0.3 is 5.97 Å². The number of phenolic OH excluding ortho intramolecular Hbond substituents is 2. The number of phenols is 2. The number of nitrogens with zero attached hydrogens (tertiary/aromatic N) is 1. The van der Waals surface area contributed by atoms with Gasteiger partial charge in [0.25, 0.3) is 0 Å². The second-order valence-corrected chi connectivity index (χ2v) is 4.38. The van der Waals surface area contributed by atoms with E-state index in [0.717, 1.165) is 12.0 Å². The molecule has 1 atom stereocenters. The smallest absolute Gasteiger partial charge is 0.317 e. The summed E-state index contributed by atoms with van der Waals surface area (Å²) in [4.78, 5) is 12.6. The average molecular weight is 253 g/mol. The van der Waals surface area contributed by atoms with E-state index >= 15 is 0 Å². The lowest BCUT2D eigenvalue weighted by molar-refractivity contribution is -0.139. The zero-order chi connectivity index (χ0) is 13.7. The quantitative estimate of drug-likeness (QED) is 0.673. The molecule has 0 aliphatic heterocycles. The van der Waals surface area contributed by atoms with Gasteiger partial charge in [-0.2, -0.15) is 0 Å². The summed E-state index contributed by atoms with van der Waals surface area (Å²) in [5.74, 6) is -1.24. The number of benzene rings is 1. The van der Waals surface area contributed by atoms with E-state index in [1.807, 2.05) is 18.7 Å². The Labute approximate surface area is 106 Å². The molecule has 1 aromatic carbocycles. The van der Waals surface area contributed by atoms with E-state index in [4.69, 9.17) is 5.11 Å². The number of aliphatic carboxylic acids is 1. The molecular weight excluding hydrogens is 234 g/mol. The Kier molecular flexibility index (Phi) is 4.97. The van der Waals surface area contributed by atoms with E-state index in [-0.39, 0.29) is 24.1 Å². The highest BCUT2D eigenvalue weighted by Gasteiger charge is 2.16. The first-order valence-corrected chi connectivity index (χ1v) is 5.90. The van der Waals surface area contributed by atoms with Crippen LogP contribution in [0.15, 0.2) is 18.2 Å². The molecule has 5 heteroatoms. The minimum Gasteiger partial charge on any atom is -0.504 e. The van der Waals surface area contributed by atoms with Crippen molar-refractivity contribution in [2.75, 3.05) is 6.54 Å². The Hall–Kier alpha value is -1.75. The number of rotatable bonds is 6. The van der Waals surface area contributed by atoms with Crippen LogP contribution in [-0.2, 0) is 11.3 Å². The van der Waals surface area contributed by atoms with Crippen LogP contribution in [0.5, 0.6) is 11.5 Å². The molecule has 0 aliphatic carbocycles. The minimum atomic E-state index is -0.877. The van der Waals surface area contributed by atoms with Crippen molar-refractivity contribution >= 4 is 5.97 Å². The third kappa shape index (κ3) is 3.92. The molecule has 0 spiro atoms. The topological polar surface area (TPSA) is 81.0 Å². The van der Waals surface area contributed by atoms with Gasteiger partial charge in [-0.15, -0.1) is 0 Å². The second-order valence-electron chi connectivity index (χ2n) is 4.38. The van der Waals surface area contributed by atoms with Crippen LogP contribution in [-0.4, -0.2) is 38.8 Å². The van der Waals surface area contributed by atoms with E-state index in [1.165, 1.54) is 12.1 Å². The number of hydrogen-bond acceptors (Lipinski definition) is 4. The van der Waals surface area contributed by atoms with E-state index in [1.54, 1.807) is 6.07 Å². The van der Waals surface area contributed by atoms with E-state index < -0.39 is 5.97 Å². The van der Waals surface area contributed by atoms with Crippen LogP contribution in [0.2, 0.25) is 0 Å². The minimum absolute atomic E-state index is 0.0450. The zero-order valence-corrected chi connectivity index (χ0v) is 10.6. The predicted molar refractivity (Wildman–Crippen MR) is 67.6 cm³/mol. The summed E-state index contributed by atoms with van der Waals surface area (Å²) >= 11 is 0. The molecule has 1 rings (SSSR count). The van der Waals surface area contributed by atoms with Gasteiger partial charge in [-0.1, -0.05) is 13.0 Å². The molecule has 0 bridgehead atoms. The van der Waals surface area contributed by atoms with Crippen molar-refractivity contribution < 1.29 is 20.1 Å². The van der Waals surface area contributed by atoms with Crippen molar-refractivity contribution in [3.8, 4) is 11.5 Å². The van der Waals surface area contributed by atoms with Gasteiger partial charge in [-0.25, -0.2) is 0 Å². The maximum atomic E-state index is 10.8. The first-order chi connectivity index (χ1) is 8.43. The maximum Gasteiger partial charge on any atom is 0.317 e. The van der Waals surface area contributed by atoms with Crippen LogP contribution in [0.1, 0.15) is 25.8 Å². The van der Waals surface area contributed by atoms with E-state index in [0.29, 0.717) is 6.54 Å². The highest BCUT2D eigenvalue weighted by molar-refractivity contribution is 5.69. The number of carboxylic acids is 1. The van der Waals surface area contributed by atoms with E-state index in [2.05, 4.69) is 0 Å². The second kappa shape index (κ2) is 6.26. The number of carboxylic acid groups (broad SMARTS) is 1. The zero-order valence-electron chi connectivity index (χ0n) is 10.6. The first kappa shape index (κ1) is 14.3. The van der Waals surface area contributed by atoms with Crippen LogP contribution >= 0.6 is 0 Å². The summed E-state index contributed by atoms with van der Waals surface area (Å²) in [6.07, 6.45) is 0.845. The molecule has 0 fully saturated rings. The molecule has 0 aromatic heterocycles. The molecule has 1 aromatic rings. The maximum absolute atomic E-state index is 10.8. The van der Waals surface area contributed by atoms with Crippen LogP contribution in [0.3, 0.4) is 0 Å². The lowest BCUT2D eigenvalue weighted by Crippen LogP contribution is -2.36. The van der Waals surface area contributed by atoms with Crippen LogP contribution in [0.25, 0.3) is 0 Å². The van der Waals surface area contributed by atoms with Crippen molar-refractivity contribution in [3.05, 3.63) is 23.8 Å². The Balaban J connectivity index is 2.81. The highest BCUT2D eigenvalue weighted by Crippen LogP contribution is 2.25. The fourth-order valence-corrected chi connectivity index (χ4v) is 1.70. The SMILES string of the molecule is CCC(C)N(CC(=O)O)Cc1ccc(O)c(O)c1. The van der Waals surface area contributed by atoms with Crippen molar-refractivity contribution in [3.63, 3.8) is 0 Å². The van der Waals surface area contributed by atoms with Crippen molar-refractivity contribution in [2.24, 2.45) is 0 Å². The fourth-order valence-electron chi connectivity index (χ4n) is 1.70. The summed E-state index contributed by atoms with van der Waals surface area (Å²) in [5.41, 5.74) is 0.770. The molecular formula is C13H19NO4. The normalized spacial score (nSPS) is 12.6. The van der Waals surface area contributed by atoms with Gasteiger partial charge in [-0.05, 0) is 31.0 Å². The predicted octanol–water partition coefficient (Wildman–Crippen LogP) is 1.78. The lowest BCUT2D eigenvalue weighted by Gasteiger charge is -2.26. The van der Waals surface area contributed by atoms with Gasteiger partial charge in [0, 0.05) is 12.6 Å². The average Bonchev–Trinajstić information content (AvgIpc) is 2.31. The molecule has 18 heavy (non-hydrogen) atoms. The Bertz CT molecular complexity index is 419. The third-order valence-corrected chi connectivity index (χ3v) is 2.98. The van der Waals surface area contributed by atoms with Crippen LogP contribution in [0.4, 0.5) is 0 Å². The molecule has 0 saturated heterocycles. The molecule has 0 heterocycles. The Morgan fingerprint density at radius 3 is 2.50 bits per heavy atom. The number of aromatic hydroxyl groups is 2. The summed E-state index contributed by atoms with van der Waals surface area (Å²) in [6.45, 7) is 4.34. The number of carbonyl (C=O) groups is 1. The summed E-state index contributed by atoms with van der Waals surface area (Å²) < 4.78 is 0. The first-order valence-electron chi connectivity index (χ1n) is 5.90. The van der Waals surface area contributed by atoms with Gasteiger partial charge in [0.15, 0.2) is 11.5 Å². The van der Waals surface area contributed by atoms with Crippen molar-refractivity contribution in [2.45, 2.75) is 32.9 Å². The Morgan fingerprint density at radius 2 is 2.00 bits per heavy atom. The molecule has 100 valence electrons. The van der Waals surface area contributed by atoms with Gasteiger partial charge < -0.3 is 15.3 Å². The van der Waals surface area contributed by atoms with Crippen molar-refractivity contribution in [1.82, 2.24) is 4.90 Å². The molecule has 0 aliphatic rings. The monoisotopic (exact) mass is 253 g/mol. The molecule has 0 saturated carbocycles.